The first-order valence-corrected chi connectivity index (χ1v) is 5.78. The summed E-state index contributed by atoms with van der Waals surface area (Å²) in [5.74, 6) is -0.733. The van der Waals surface area contributed by atoms with Gasteiger partial charge < -0.3 is 5.32 Å². The summed E-state index contributed by atoms with van der Waals surface area (Å²) >= 11 is 0. The number of rotatable bonds is 6. The first-order chi connectivity index (χ1) is 7.67. The minimum Gasteiger partial charge on any atom is -0.320 e. The summed E-state index contributed by atoms with van der Waals surface area (Å²) < 4.78 is 26.2. The fraction of sp³-hybridized carbons (Fsp3) is 0.538. The van der Waals surface area contributed by atoms with E-state index >= 15 is 0 Å². The lowest BCUT2D eigenvalue weighted by Crippen LogP contribution is -2.12. The van der Waals surface area contributed by atoms with E-state index in [0.717, 1.165) is 37.4 Å². The Morgan fingerprint density at radius 2 is 1.75 bits per heavy atom. The molecule has 1 rings (SSSR count). The quantitative estimate of drug-likeness (QED) is 0.784. The molecule has 0 aliphatic rings. The fourth-order valence-electron chi connectivity index (χ4n) is 1.96. The van der Waals surface area contributed by atoms with Gasteiger partial charge in [0.1, 0.15) is 11.6 Å². The maximum Gasteiger partial charge on any atom is 0.126 e. The van der Waals surface area contributed by atoms with E-state index in [1.165, 1.54) is 12.1 Å². The van der Waals surface area contributed by atoms with Crippen LogP contribution in [0.4, 0.5) is 8.78 Å². The molecule has 0 bridgehead atoms. The highest BCUT2D eigenvalue weighted by Crippen LogP contribution is 2.25. The zero-order chi connectivity index (χ0) is 12.0. The van der Waals surface area contributed by atoms with Crippen LogP contribution in [0.15, 0.2) is 18.2 Å². The third-order valence-electron chi connectivity index (χ3n) is 2.74. The van der Waals surface area contributed by atoms with Crippen LogP contribution in [0, 0.1) is 11.6 Å². The van der Waals surface area contributed by atoms with Gasteiger partial charge in [-0.05, 0) is 50.0 Å². The van der Waals surface area contributed by atoms with E-state index < -0.39 is 11.6 Å². The standard InChI is InChI=1S/C13H19F2N/c1-3-4-10(5-6-16-2)11-7-12(14)9-13(15)8-11/h7-10,16H,3-6H2,1-2H3. The minimum atomic E-state index is -0.486. The van der Waals surface area contributed by atoms with Gasteiger partial charge in [-0.15, -0.1) is 0 Å². The van der Waals surface area contributed by atoms with Crippen LogP contribution in [0.1, 0.15) is 37.7 Å². The van der Waals surface area contributed by atoms with E-state index in [1.54, 1.807) is 0 Å². The Morgan fingerprint density at radius 1 is 1.12 bits per heavy atom. The number of benzene rings is 1. The molecule has 1 N–H and O–H groups in total. The van der Waals surface area contributed by atoms with Gasteiger partial charge in [-0.2, -0.15) is 0 Å². The van der Waals surface area contributed by atoms with Crippen molar-refractivity contribution in [2.75, 3.05) is 13.6 Å². The first-order valence-electron chi connectivity index (χ1n) is 5.78. The van der Waals surface area contributed by atoms with Gasteiger partial charge in [-0.25, -0.2) is 8.78 Å². The van der Waals surface area contributed by atoms with Crippen molar-refractivity contribution >= 4 is 0 Å². The average Bonchev–Trinajstić information content (AvgIpc) is 2.22. The molecule has 0 fully saturated rings. The van der Waals surface area contributed by atoms with Gasteiger partial charge in [0.2, 0.25) is 0 Å². The monoisotopic (exact) mass is 227 g/mol. The van der Waals surface area contributed by atoms with E-state index in [0.29, 0.717) is 0 Å². The number of nitrogens with one attached hydrogen (secondary N) is 1. The first kappa shape index (κ1) is 13.1. The van der Waals surface area contributed by atoms with Crippen molar-refractivity contribution in [3.63, 3.8) is 0 Å². The lowest BCUT2D eigenvalue weighted by Gasteiger charge is -2.16. The van der Waals surface area contributed by atoms with Gasteiger partial charge in [-0.1, -0.05) is 13.3 Å². The molecule has 0 aliphatic heterocycles. The molecule has 1 nitrogen and oxygen atoms in total. The molecule has 0 amide bonds. The average molecular weight is 227 g/mol. The Hall–Kier alpha value is -0.960. The Bertz CT molecular complexity index is 305. The van der Waals surface area contributed by atoms with Crippen LogP contribution < -0.4 is 5.32 Å². The van der Waals surface area contributed by atoms with Gasteiger partial charge in [0.25, 0.3) is 0 Å². The largest absolute Gasteiger partial charge is 0.320 e. The molecule has 0 radical (unpaired) electrons. The summed E-state index contributed by atoms with van der Waals surface area (Å²) in [6.07, 6.45) is 2.89. The zero-order valence-electron chi connectivity index (χ0n) is 9.89. The molecule has 90 valence electrons. The van der Waals surface area contributed by atoms with Gasteiger partial charge in [0.15, 0.2) is 0 Å². The highest BCUT2D eigenvalue weighted by molar-refractivity contribution is 5.22. The van der Waals surface area contributed by atoms with Gasteiger partial charge in [-0.3, -0.25) is 0 Å². The summed E-state index contributed by atoms with van der Waals surface area (Å²) in [5, 5.41) is 3.07. The van der Waals surface area contributed by atoms with Crippen molar-refractivity contribution in [1.29, 1.82) is 0 Å². The molecular weight excluding hydrogens is 208 g/mol. The minimum absolute atomic E-state index is 0.239. The van der Waals surface area contributed by atoms with Gasteiger partial charge in [0.05, 0.1) is 0 Å². The molecule has 16 heavy (non-hydrogen) atoms. The molecule has 0 heterocycles. The Morgan fingerprint density at radius 3 is 2.25 bits per heavy atom. The predicted octanol–water partition coefficient (Wildman–Crippen LogP) is 3.46. The van der Waals surface area contributed by atoms with E-state index in [9.17, 15) is 8.78 Å². The molecule has 1 aromatic carbocycles. The maximum absolute atomic E-state index is 13.1. The van der Waals surface area contributed by atoms with Crippen LogP contribution in [0.5, 0.6) is 0 Å². The molecule has 1 aromatic rings. The van der Waals surface area contributed by atoms with Crippen molar-refractivity contribution in [2.24, 2.45) is 0 Å². The molecule has 0 saturated heterocycles. The number of hydrogen-bond acceptors (Lipinski definition) is 1. The number of hydrogen-bond donors (Lipinski definition) is 1. The highest BCUT2D eigenvalue weighted by atomic mass is 19.1. The third kappa shape index (κ3) is 3.89. The van der Waals surface area contributed by atoms with Crippen LogP contribution in [-0.4, -0.2) is 13.6 Å². The van der Waals surface area contributed by atoms with Crippen LogP contribution in [0.2, 0.25) is 0 Å². The molecule has 0 aromatic heterocycles. The van der Waals surface area contributed by atoms with E-state index in [1.807, 2.05) is 7.05 Å². The lowest BCUT2D eigenvalue weighted by atomic mass is 9.91. The topological polar surface area (TPSA) is 12.0 Å². The Kier molecular flexibility index (Phi) is 5.39. The van der Waals surface area contributed by atoms with Gasteiger partial charge in [0, 0.05) is 6.07 Å². The molecule has 1 atom stereocenters. The second kappa shape index (κ2) is 6.59. The van der Waals surface area contributed by atoms with Crippen molar-refractivity contribution < 1.29 is 8.78 Å². The van der Waals surface area contributed by atoms with Crippen molar-refractivity contribution in [3.05, 3.63) is 35.4 Å². The highest BCUT2D eigenvalue weighted by Gasteiger charge is 2.12. The Balaban J connectivity index is 2.82. The maximum atomic E-state index is 13.1. The molecule has 0 spiro atoms. The SMILES string of the molecule is CCCC(CCNC)c1cc(F)cc(F)c1. The van der Waals surface area contributed by atoms with Gasteiger partial charge >= 0.3 is 0 Å². The van der Waals surface area contributed by atoms with Crippen LogP contribution in [0.25, 0.3) is 0 Å². The van der Waals surface area contributed by atoms with Crippen molar-refractivity contribution in [2.45, 2.75) is 32.1 Å². The fourth-order valence-corrected chi connectivity index (χ4v) is 1.96. The second-order valence-electron chi connectivity index (χ2n) is 4.08. The summed E-state index contributed by atoms with van der Waals surface area (Å²) in [6, 6.07) is 3.81. The normalized spacial score (nSPS) is 12.8. The Labute approximate surface area is 95.9 Å². The van der Waals surface area contributed by atoms with E-state index in [4.69, 9.17) is 0 Å². The molecule has 3 heteroatoms. The summed E-state index contributed by atoms with van der Waals surface area (Å²) in [6.45, 7) is 2.95. The van der Waals surface area contributed by atoms with E-state index in [2.05, 4.69) is 12.2 Å². The van der Waals surface area contributed by atoms with Crippen molar-refractivity contribution in [3.8, 4) is 0 Å². The predicted molar refractivity (Wildman–Crippen MR) is 62.6 cm³/mol. The zero-order valence-corrected chi connectivity index (χ0v) is 9.89. The third-order valence-corrected chi connectivity index (χ3v) is 2.74. The van der Waals surface area contributed by atoms with Crippen LogP contribution in [-0.2, 0) is 0 Å². The molecular formula is C13H19F2N. The van der Waals surface area contributed by atoms with Crippen molar-refractivity contribution in [1.82, 2.24) is 5.32 Å². The summed E-state index contributed by atoms with van der Waals surface area (Å²) in [7, 11) is 1.88. The number of halogens is 2. The van der Waals surface area contributed by atoms with E-state index in [-0.39, 0.29) is 5.92 Å². The lowest BCUT2D eigenvalue weighted by molar-refractivity contribution is 0.532. The van der Waals surface area contributed by atoms with Crippen LogP contribution >= 0.6 is 0 Å². The smallest absolute Gasteiger partial charge is 0.126 e. The van der Waals surface area contributed by atoms with Crippen LogP contribution in [0.3, 0.4) is 0 Å². The second-order valence-corrected chi connectivity index (χ2v) is 4.08. The molecule has 1 unspecified atom stereocenters. The molecule has 0 saturated carbocycles. The summed E-state index contributed by atoms with van der Waals surface area (Å²) in [5.41, 5.74) is 0.773. The molecule has 0 aliphatic carbocycles. The summed E-state index contributed by atoms with van der Waals surface area (Å²) in [4.78, 5) is 0.